The van der Waals surface area contributed by atoms with Gasteiger partial charge in [0.25, 0.3) is 0 Å². The van der Waals surface area contributed by atoms with Crippen LogP contribution in [0.1, 0.15) is 187 Å². The van der Waals surface area contributed by atoms with Crippen LogP contribution in [0, 0.1) is 0 Å². The molecule has 0 heterocycles. The zero-order valence-corrected chi connectivity index (χ0v) is 23.9. The van der Waals surface area contributed by atoms with E-state index < -0.39 is 0 Å². The summed E-state index contributed by atoms with van der Waals surface area (Å²) in [6.07, 6.45) is 38.6. The van der Waals surface area contributed by atoms with Gasteiger partial charge in [-0.1, -0.05) is 174 Å². The van der Waals surface area contributed by atoms with Gasteiger partial charge in [-0.2, -0.15) is 0 Å². The molecule has 0 saturated heterocycles. The van der Waals surface area contributed by atoms with Crippen molar-refractivity contribution in [1.29, 1.82) is 0 Å². The number of rotatable bonds is 30. The number of carbonyl (C=O) groups is 1. The highest BCUT2D eigenvalue weighted by Crippen LogP contribution is 2.14. The topological polar surface area (TPSA) is 20.3 Å². The number of nitrogens with zero attached hydrogens (tertiary/aromatic N) is 1. The number of hydrogen-bond donors (Lipinski definition) is 0. The molecule has 0 unspecified atom stereocenters. The van der Waals surface area contributed by atoms with E-state index in [1.54, 1.807) is 0 Å². The van der Waals surface area contributed by atoms with Gasteiger partial charge in [0.1, 0.15) is 0 Å². The molecular weight excluding hydrogens is 414 g/mol. The Bertz CT molecular complexity index is 370. The Balaban J connectivity index is 3.24. The van der Waals surface area contributed by atoms with Gasteiger partial charge in [0.15, 0.2) is 0 Å². The fraction of sp³-hybridized carbons (Fsp3) is 0.969. The first kappa shape index (κ1) is 33.5. The van der Waals surface area contributed by atoms with Gasteiger partial charge in [0.2, 0.25) is 6.41 Å². The summed E-state index contributed by atoms with van der Waals surface area (Å²) in [4.78, 5) is 13.3. The number of amides is 1. The van der Waals surface area contributed by atoms with E-state index in [-0.39, 0.29) is 0 Å². The molecule has 2 heteroatoms. The van der Waals surface area contributed by atoms with Gasteiger partial charge in [-0.05, 0) is 12.8 Å². The van der Waals surface area contributed by atoms with E-state index in [9.17, 15) is 4.79 Å². The lowest BCUT2D eigenvalue weighted by Crippen LogP contribution is -2.24. The Kier molecular flexibility index (Phi) is 30.0. The standard InChI is InChI=1S/C32H65NO/c1-3-5-7-9-11-13-15-16-17-18-19-20-21-23-25-27-29-31-33(32-34)30-28-26-24-22-14-12-10-8-6-4-2/h32H,3-31H2,1-2H3. The molecule has 0 aliphatic heterocycles. The Labute approximate surface area is 216 Å². The fourth-order valence-electron chi connectivity index (χ4n) is 5.06. The molecule has 0 fully saturated rings. The van der Waals surface area contributed by atoms with Gasteiger partial charge >= 0.3 is 0 Å². The Morgan fingerprint density at radius 3 is 0.765 bits per heavy atom. The molecule has 0 aliphatic carbocycles. The second-order valence-corrected chi connectivity index (χ2v) is 11.0. The Morgan fingerprint density at radius 1 is 0.353 bits per heavy atom. The van der Waals surface area contributed by atoms with Crippen LogP contribution in [-0.4, -0.2) is 24.4 Å². The van der Waals surface area contributed by atoms with Crippen molar-refractivity contribution in [3.8, 4) is 0 Å². The quantitative estimate of drug-likeness (QED) is 0.0740. The van der Waals surface area contributed by atoms with Crippen molar-refractivity contribution in [3.05, 3.63) is 0 Å². The molecule has 0 bridgehead atoms. The molecule has 0 aliphatic rings. The summed E-state index contributed by atoms with van der Waals surface area (Å²) in [6, 6.07) is 0. The lowest BCUT2D eigenvalue weighted by atomic mass is 10.0. The first-order valence-electron chi connectivity index (χ1n) is 16.0. The zero-order valence-electron chi connectivity index (χ0n) is 23.9. The third kappa shape index (κ3) is 27.7. The molecule has 0 atom stereocenters. The summed E-state index contributed by atoms with van der Waals surface area (Å²) in [6.45, 7) is 6.52. The molecule has 0 aromatic carbocycles. The maximum absolute atomic E-state index is 11.3. The maximum atomic E-state index is 11.3. The van der Waals surface area contributed by atoms with E-state index in [0.29, 0.717) is 0 Å². The van der Waals surface area contributed by atoms with Gasteiger partial charge in [-0.25, -0.2) is 0 Å². The third-order valence-corrected chi connectivity index (χ3v) is 7.50. The molecule has 0 rings (SSSR count). The molecule has 0 radical (unpaired) electrons. The van der Waals surface area contributed by atoms with E-state index in [0.717, 1.165) is 19.5 Å². The summed E-state index contributed by atoms with van der Waals surface area (Å²) >= 11 is 0. The molecule has 0 aromatic heterocycles. The van der Waals surface area contributed by atoms with Crippen molar-refractivity contribution in [2.45, 2.75) is 187 Å². The molecule has 0 spiro atoms. The van der Waals surface area contributed by atoms with Gasteiger partial charge in [0.05, 0.1) is 0 Å². The van der Waals surface area contributed by atoms with Crippen LogP contribution >= 0.6 is 0 Å². The van der Waals surface area contributed by atoms with Crippen LogP contribution in [0.3, 0.4) is 0 Å². The van der Waals surface area contributed by atoms with Crippen LogP contribution in [0.4, 0.5) is 0 Å². The van der Waals surface area contributed by atoms with Crippen LogP contribution < -0.4 is 0 Å². The van der Waals surface area contributed by atoms with E-state index >= 15 is 0 Å². The highest BCUT2D eigenvalue weighted by Gasteiger charge is 2.02. The lowest BCUT2D eigenvalue weighted by Gasteiger charge is -2.17. The highest BCUT2D eigenvalue weighted by molar-refractivity contribution is 5.46. The fourth-order valence-corrected chi connectivity index (χ4v) is 5.06. The smallest absolute Gasteiger partial charge is 0.209 e. The molecule has 0 N–H and O–H groups in total. The minimum Gasteiger partial charge on any atom is -0.345 e. The van der Waals surface area contributed by atoms with Crippen LogP contribution in [0.25, 0.3) is 0 Å². The molecular formula is C32H65NO. The maximum Gasteiger partial charge on any atom is 0.209 e. The molecule has 204 valence electrons. The van der Waals surface area contributed by atoms with Crippen molar-refractivity contribution in [2.24, 2.45) is 0 Å². The van der Waals surface area contributed by atoms with Gasteiger partial charge in [-0.15, -0.1) is 0 Å². The summed E-state index contributed by atoms with van der Waals surface area (Å²) < 4.78 is 0. The average Bonchev–Trinajstić information content (AvgIpc) is 2.85. The Hall–Kier alpha value is -0.530. The monoisotopic (exact) mass is 480 g/mol. The third-order valence-electron chi connectivity index (χ3n) is 7.50. The van der Waals surface area contributed by atoms with Crippen molar-refractivity contribution in [2.75, 3.05) is 13.1 Å². The van der Waals surface area contributed by atoms with E-state index in [1.165, 1.54) is 173 Å². The predicted octanol–water partition coefficient (Wildman–Crippen LogP) is 11.0. The summed E-state index contributed by atoms with van der Waals surface area (Å²) in [5.41, 5.74) is 0. The van der Waals surface area contributed by atoms with Gasteiger partial charge < -0.3 is 4.90 Å². The zero-order chi connectivity index (χ0) is 24.8. The van der Waals surface area contributed by atoms with Gasteiger partial charge in [-0.3, -0.25) is 4.79 Å². The summed E-state index contributed by atoms with van der Waals surface area (Å²) in [5, 5.41) is 0. The van der Waals surface area contributed by atoms with Crippen LogP contribution in [0.2, 0.25) is 0 Å². The van der Waals surface area contributed by atoms with E-state index in [2.05, 4.69) is 13.8 Å². The largest absolute Gasteiger partial charge is 0.345 e. The first-order chi connectivity index (χ1) is 16.8. The molecule has 34 heavy (non-hydrogen) atoms. The van der Waals surface area contributed by atoms with Crippen molar-refractivity contribution < 1.29 is 4.79 Å². The van der Waals surface area contributed by atoms with Crippen molar-refractivity contribution in [1.82, 2.24) is 4.90 Å². The number of hydrogen-bond acceptors (Lipinski definition) is 1. The molecule has 0 saturated carbocycles. The van der Waals surface area contributed by atoms with Crippen molar-refractivity contribution >= 4 is 6.41 Å². The van der Waals surface area contributed by atoms with Crippen LogP contribution in [0.15, 0.2) is 0 Å². The highest BCUT2D eigenvalue weighted by atomic mass is 16.1. The minimum atomic E-state index is 0.971. The van der Waals surface area contributed by atoms with Crippen LogP contribution in [0.5, 0.6) is 0 Å². The molecule has 0 aromatic rings. The average molecular weight is 480 g/mol. The minimum absolute atomic E-state index is 0.971. The first-order valence-corrected chi connectivity index (χ1v) is 16.0. The normalized spacial score (nSPS) is 11.2. The summed E-state index contributed by atoms with van der Waals surface area (Å²) in [5.74, 6) is 0. The van der Waals surface area contributed by atoms with E-state index in [1.807, 2.05) is 4.90 Å². The second-order valence-electron chi connectivity index (χ2n) is 11.0. The van der Waals surface area contributed by atoms with Crippen LogP contribution in [-0.2, 0) is 4.79 Å². The Morgan fingerprint density at radius 2 is 0.559 bits per heavy atom. The van der Waals surface area contributed by atoms with Crippen molar-refractivity contribution in [3.63, 3.8) is 0 Å². The lowest BCUT2D eigenvalue weighted by molar-refractivity contribution is -0.118. The second kappa shape index (κ2) is 30.5. The molecule has 2 nitrogen and oxygen atoms in total. The summed E-state index contributed by atoms with van der Waals surface area (Å²) in [7, 11) is 0. The number of carbonyl (C=O) groups excluding carboxylic acids is 1. The van der Waals surface area contributed by atoms with E-state index in [4.69, 9.17) is 0 Å². The van der Waals surface area contributed by atoms with Gasteiger partial charge in [0, 0.05) is 13.1 Å². The predicted molar refractivity (Wildman–Crippen MR) is 154 cm³/mol. The number of unbranched alkanes of at least 4 members (excludes halogenated alkanes) is 25. The SMILES string of the molecule is CCCCCCCCCCCCCCCCCCCN(C=O)CCCCCCCCCCCC. The molecule has 1 amide bonds.